The van der Waals surface area contributed by atoms with Gasteiger partial charge >= 0.3 is 11.7 Å². The van der Waals surface area contributed by atoms with Crippen LogP contribution in [-0.4, -0.2) is 50.3 Å². The summed E-state index contributed by atoms with van der Waals surface area (Å²) in [6.45, 7) is 1.48. The van der Waals surface area contributed by atoms with Crippen LogP contribution in [0.1, 0.15) is 6.42 Å². The van der Waals surface area contributed by atoms with E-state index in [2.05, 4.69) is 5.10 Å². The van der Waals surface area contributed by atoms with Gasteiger partial charge in [-0.3, -0.25) is 9.20 Å². The van der Waals surface area contributed by atoms with Crippen LogP contribution in [-0.2, 0) is 11.3 Å². The van der Waals surface area contributed by atoms with Crippen molar-refractivity contribution < 1.29 is 9.90 Å². The number of hydrogen-bond acceptors (Lipinski definition) is 4. The molecule has 7 nitrogen and oxygen atoms in total. The second kappa shape index (κ2) is 5.66. The highest BCUT2D eigenvalue weighted by atomic mass is 16.4. The minimum atomic E-state index is -0.822. The van der Waals surface area contributed by atoms with Gasteiger partial charge in [0.1, 0.15) is 0 Å². The number of pyridine rings is 1. The molecule has 0 saturated carbocycles. The van der Waals surface area contributed by atoms with Gasteiger partial charge in [-0.05, 0) is 19.2 Å². The molecular weight excluding hydrogens is 248 g/mol. The first-order valence-electron chi connectivity index (χ1n) is 6.02. The molecular formula is C12H16N4O3. The number of hydrogen-bond donors (Lipinski definition) is 1. The van der Waals surface area contributed by atoms with Crippen molar-refractivity contribution in [2.75, 3.05) is 20.1 Å². The first kappa shape index (κ1) is 13.3. The Kier molecular flexibility index (Phi) is 3.96. The lowest BCUT2D eigenvalue weighted by Crippen LogP contribution is -2.30. The molecule has 0 aliphatic heterocycles. The maximum Gasteiger partial charge on any atom is 0.350 e. The maximum absolute atomic E-state index is 12.0. The topological polar surface area (TPSA) is 79.8 Å². The molecule has 1 N–H and O–H groups in total. The summed E-state index contributed by atoms with van der Waals surface area (Å²) in [5, 5.41) is 12.8. The fourth-order valence-corrected chi connectivity index (χ4v) is 1.78. The Bertz CT molecular complexity index is 631. The third kappa shape index (κ3) is 3.19. The van der Waals surface area contributed by atoms with Gasteiger partial charge in [-0.2, -0.15) is 0 Å². The average Bonchev–Trinajstić information content (AvgIpc) is 2.71. The van der Waals surface area contributed by atoms with Crippen molar-refractivity contribution >= 4 is 11.6 Å². The molecule has 2 aromatic rings. The lowest BCUT2D eigenvalue weighted by atomic mass is 10.4. The Morgan fingerprint density at radius 3 is 2.89 bits per heavy atom. The zero-order valence-corrected chi connectivity index (χ0v) is 10.7. The quantitative estimate of drug-likeness (QED) is 0.788. The second-order valence-corrected chi connectivity index (χ2v) is 4.38. The van der Waals surface area contributed by atoms with Gasteiger partial charge in [-0.15, -0.1) is 5.10 Å². The Hall–Kier alpha value is -2.15. The predicted octanol–water partition coefficient (Wildman–Crippen LogP) is -0.0975. The van der Waals surface area contributed by atoms with Crippen LogP contribution < -0.4 is 5.69 Å². The molecule has 7 heteroatoms. The molecule has 0 amide bonds. The van der Waals surface area contributed by atoms with Crippen LogP contribution in [0.3, 0.4) is 0 Å². The third-order valence-corrected chi connectivity index (χ3v) is 2.89. The molecule has 2 aromatic heterocycles. The molecule has 0 radical (unpaired) electrons. The molecule has 0 fully saturated rings. The van der Waals surface area contributed by atoms with Crippen molar-refractivity contribution in [3.8, 4) is 0 Å². The van der Waals surface area contributed by atoms with Crippen molar-refractivity contribution in [3.63, 3.8) is 0 Å². The lowest BCUT2D eigenvalue weighted by molar-refractivity contribution is -0.137. The van der Waals surface area contributed by atoms with Gasteiger partial charge in [0, 0.05) is 19.3 Å². The minimum Gasteiger partial charge on any atom is -0.481 e. The van der Waals surface area contributed by atoms with Crippen molar-refractivity contribution in [3.05, 3.63) is 34.9 Å². The Labute approximate surface area is 109 Å². The fourth-order valence-electron chi connectivity index (χ4n) is 1.78. The van der Waals surface area contributed by atoms with Crippen LogP contribution >= 0.6 is 0 Å². The monoisotopic (exact) mass is 264 g/mol. The zero-order valence-electron chi connectivity index (χ0n) is 10.7. The number of aliphatic carboxylic acids is 1. The van der Waals surface area contributed by atoms with E-state index in [1.54, 1.807) is 18.3 Å². The normalized spacial score (nSPS) is 11.3. The number of carboxylic acids is 1. The van der Waals surface area contributed by atoms with Crippen molar-refractivity contribution in [2.24, 2.45) is 0 Å². The van der Waals surface area contributed by atoms with E-state index in [0.29, 0.717) is 25.3 Å². The maximum atomic E-state index is 12.0. The summed E-state index contributed by atoms with van der Waals surface area (Å²) >= 11 is 0. The highest BCUT2D eigenvalue weighted by Crippen LogP contribution is 1.95. The molecule has 19 heavy (non-hydrogen) atoms. The number of rotatable bonds is 6. The second-order valence-electron chi connectivity index (χ2n) is 4.38. The summed E-state index contributed by atoms with van der Waals surface area (Å²) in [5.74, 6) is -0.822. The van der Waals surface area contributed by atoms with Crippen molar-refractivity contribution in [2.45, 2.75) is 13.0 Å². The van der Waals surface area contributed by atoms with Crippen LogP contribution in [0, 0.1) is 0 Å². The zero-order chi connectivity index (χ0) is 13.8. The summed E-state index contributed by atoms with van der Waals surface area (Å²) in [6.07, 6.45) is 1.77. The van der Waals surface area contributed by atoms with Gasteiger partial charge in [0.05, 0.1) is 13.0 Å². The summed E-state index contributed by atoms with van der Waals surface area (Å²) in [7, 11) is 1.82. The molecule has 0 spiro atoms. The van der Waals surface area contributed by atoms with Crippen molar-refractivity contribution in [1.29, 1.82) is 0 Å². The number of carboxylic acid groups (broad SMARTS) is 1. The van der Waals surface area contributed by atoms with Crippen molar-refractivity contribution in [1.82, 2.24) is 19.1 Å². The average molecular weight is 264 g/mol. The molecule has 2 heterocycles. The first-order valence-corrected chi connectivity index (χ1v) is 6.02. The first-order chi connectivity index (χ1) is 9.08. The van der Waals surface area contributed by atoms with E-state index in [1.807, 2.05) is 18.0 Å². The van der Waals surface area contributed by atoms with E-state index in [0.717, 1.165) is 0 Å². The van der Waals surface area contributed by atoms with Crippen LogP contribution in [0.15, 0.2) is 29.2 Å². The number of aromatic nitrogens is 3. The van der Waals surface area contributed by atoms with E-state index < -0.39 is 5.97 Å². The highest BCUT2D eigenvalue weighted by molar-refractivity contribution is 5.66. The Balaban J connectivity index is 2.00. The highest BCUT2D eigenvalue weighted by Gasteiger charge is 2.07. The summed E-state index contributed by atoms with van der Waals surface area (Å²) < 4.78 is 2.88. The molecule has 102 valence electrons. The number of nitrogens with zero attached hydrogens (tertiary/aromatic N) is 4. The van der Waals surface area contributed by atoms with E-state index >= 15 is 0 Å². The molecule has 0 unspecified atom stereocenters. The molecule has 2 rings (SSSR count). The SMILES string of the molecule is CN(CCC(=O)O)CCn1nc2ccccn2c1=O. The largest absolute Gasteiger partial charge is 0.481 e. The standard InChI is InChI=1S/C12H16N4O3/c1-14(7-5-11(17)18)8-9-16-12(19)15-6-3-2-4-10(15)13-16/h2-4,6H,5,7-9H2,1H3,(H,17,18). The van der Waals surface area contributed by atoms with Gasteiger partial charge in [0.2, 0.25) is 0 Å². The lowest BCUT2D eigenvalue weighted by Gasteiger charge is -2.14. The number of carbonyl (C=O) groups is 1. The minimum absolute atomic E-state index is 0.0938. The van der Waals surface area contributed by atoms with Gasteiger partial charge in [0.15, 0.2) is 5.65 Å². The molecule has 0 aliphatic rings. The summed E-state index contributed by atoms with van der Waals surface area (Å²) in [5.41, 5.74) is 0.433. The van der Waals surface area contributed by atoms with Crippen LogP contribution in [0.2, 0.25) is 0 Å². The van der Waals surface area contributed by atoms with Crippen LogP contribution in [0.5, 0.6) is 0 Å². The third-order valence-electron chi connectivity index (χ3n) is 2.89. The fraction of sp³-hybridized carbons (Fsp3) is 0.417. The molecule has 0 aromatic carbocycles. The Morgan fingerprint density at radius 1 is 1.42 bits per heavy atom. The number of likely N-dealkylation sites (N-methyl/N-ethyl adjacent to an activating group) is 1. The van der Waals surface area contributed by atoms with E-state index in [9.17, 15) is 9.59 Å². The molecule has 0 bridgehead atoms. The van der Waals surface area contributed by atoms with Gasteiger partial charge in [-0.1, -0.05) is 6.07 Å². The molecule has 0 atom stereocenters. The number of fused-ring (bicyclic) bond motifs is 1. The smallest absolute Gasteiger partial charge is 0.350 e. The van der Waals surface area contributed by atoms with Gasteiger partial charge in [-0.25, -0.2) is 9.48 Å². The molecule has 0 saturated heterocycles. The summed E-state index contributed by atoms with van der Waals surface area (Å²) in [4.78, 5) is 24.3. The predicted molar refractivity (Wildman–Crippen MR) is 69.2 cm³/mol. The summed E-state index contributed by atoms with van der Waals surface area (Å²) in [6, 6.07) is 5.37. The van der Waals surface area contributed by atoms with E-state index in [4.69, 9.17) is 5.11 Å². The Morgan fingerprint density at radius 2 is 2.21 bits per heavy atom. The molecule has 0 aliphatic carbocycles. The van der Waals surface area contributed by atoms with E-state index in [1.165, 1.54) is 9.08 Å². The van der Waals surface area contributed by atoms with Crippen LogP contribution in [0.25, 0.3) is 5.65 Å². The van der Waals surface area contributed by atoms with Gasteiger partial charge in [0.25, 0.3) is 0 Å². The van der Waals surface area contributed by atoms with Crippen LogP contribution in [0.4, 0.5) is 0 Å². The van der Waals surface area contributed by atoms with E-state index in [-0.39, 0.29) is 12.1 Å². The van der Waals surface area contributed by atoms with Gasteiger partial charge < -0.3 is 10.0 Å².